The third-order valence-corrected chi connectivity index (χ3v) is 6.04. The van der Waals surface area contributed by atoms with E-state index in [1.807, 2.05) is 12.1 Å². The van der Waals surface area contributed by atoms with Gasteiger partial charge in [0.15, 0.2) is 5.82 Å². The van der Waals surface area contributed by atoms with Gasteiger partial charge in [0, 0.05) is 25.2 Å². The summed E-state index contributed by atoms with van der Waals surface area (Å²) in [4.78, 5) is 14.8. The summed E-state index contributed by atoms with van der Waals surface area (Å²) >= 11 is 0. The van der Waals surface area contributed by atoms with Gasteiger partial charge in [0.2, 0.25) is 5.91 Å². The number of aromatic nitrogens is 2. The molecule has 6 heteroatoms. The first-order chi connectivity index (χ1) is 14.7. The van der Waals surface area contributed by atoms with E-state index in [4.69, 9.17) is 0 Å². The van der Waals surface area contributed by atoms with E-state index in [1.54, 1.807) is 12.1 Å². The Bertz CT molecular complexity index is 879. The number of hydrogen-bond acceptors (Lipinski definition) is 4. The Morgan fingerprint density at radius 2 is 1.97 bits per heavy atom. The molecule has 0 radical (unpaired) electrons. The maximum absolute atomic E-state index is 13.1. The number of halogens is 1. The number of rotatable bonds is 6. The number of piperidine rings is 1. The lowest BCUT2D eigenvalue weighted by Crippen LogP contribution is -2.43. The number of carbonyl (C=O) groups excluding carboxylic acids is 1. The van der Waals surface area contributed by atoms with Gasteiger partial charge in [0.25, 0.3) is 0 Å². The molecule has 4 rings (SSSR count). The maximum Gasteiger partial charge on any atom is 0.224 e. The predicted molar refractivity (Wildman–Crippen MR) is 117 cm³/mol. The van der Waals surface area contributed by atoms with Gasteiger partial charge in [-0.25, -0.2) is 4.39 Å². The van der Waals surface area contributed by atoms with Crippen LogP contribution in [0, 0.1) is 11.7 Å². The third kappa shape index (κ3) is 5.23. The summed E-state index contributed by atoms with van der Waals surface area (Å²) in [6, 6.07) is 10.1. The number of carbonyl (C=O) groups is 1. The molecule has 5 nitrogen and oxygen atoms in total. The van der Waals surface area contributed by atoms with Crippen LogP contribution >= 0.6 is 0 Å². The maximum atomic E-state index is 13.1. The molecule has 1 unspecified atom stereocenters. The van der Waals surface area contributed by atoms with Crippen molar-refractivity contribution in [2.45, 2.75) is 44.9 Å². The van der Waals surface area contributed by atoms with E-state index in [1.165, 1.54) is 43.4 Å². The van der Waals surface area contributed by atoms with Crippen LogP contribution in [0.5, 0.6) is 0 Å². The van der Waals surface area contributed by atoms with E-state index in [-0.39, 0.29) is 17.6 Å². The molecular formula is C24H29FN4O. The number of benzene rings is 1. The zero-order valence-corrected chi connectivity index (χ0v) is 17.3. The molecule has 0 saturated carbocycles. The molecule has 1 atom stereocenters. The van der Waals surface area contributed by atoms with Crippen LogP contribution in [0.2, 0.25) is 0 Å². The van der Waals surface area contributed by atoms with Crippen molar-refractivity contribution in [2.24, 2.45) is 5.92 Å². The standard InChI is InChI=1S/C24H29FN4O/c25-21-10-8-19(9-11-21)22-12-13-23(28-27-22)29-16-4-7-20(17-29)24(30)26-15-14-18-5-2-1-3-6-18/h5,8-13,20H,1-4,6-7,14-17H2,(H,26,30). The van der Waals surface area contributed by atoms with Crippen molar-refractivity contribution < 1.29 is 9.18 Å². The van der Waals surface area contributed by atoms with Crippen LogP contribution in [0.15, 0.2) is 48.0 Å². The lowest BCUT2D eigenvalue weighted by Gasteiger charge is -2.32. The van der Waals surface area contributed by atoms with Gasteiger partial charge in [-0.15, -0.1) is 10.2 Å². The van der Waals surface area contributed by atoms with Crippen LogP contribution in [0.1, 0.15) is 44.9 Å². The minimum atomic E-state index is -0.267. The van der Waals surface area contributed by atoms with E-state index in [9.17, 15) is 9.18 Å². The van der Waals surface area contributed by atoms with Crippen molar-refractivity contribution in [1.82, 2.24) is 15.5 Å². The van der Waals surface area contributed by atoms with Crippen molar-refractivity contribution in [3.63, 3.8) is 0 Å². The first kappa shape index (κ1) is 20.5. The molecule has 158 valence electrons. The number of amides is 1. The third-order valence-electron chi connectivity index (χ3n) is 6.04. The van der Waals surface area contributed by atoms with Crippen LogP contribution in [0.4, 0.5) is 10.2 Å². The summed E-state index contributed by atoms with van der Waals surface area (Å²) in [5.74, 6) is 0.645. The van der Waals surface area contributed by atoms with Crippen molar-refractivity contribution in [3.8, 4) is 11.3 Å². The molecule has 0 spiro atoms. The molecule has 1 aromatic carbocycles. The van der Waals surface area contributed by atoms with Gasteiger partial charge >= 0.3 is 0 Å². The molecule has 2 aromatic rings. The van der Waals surface area contributed by atoms with Crippen molar-refractivity contribution in [1.29, 1.82) is 0 Å². The molecule has 1 N–H and O–H groups in total. The van der Waals surface area contributed by atoms with Gasteiger partial charge in [0.05, 0.1) is 11.6 Å². The van der Waals surface area contributed by atoms with Gasteiger partial charge in [-0.3, -0.25) is 4.79 Å². The molecule has 0 bridgehead atoms. The first-order valence-corrected chi connectivity index (χ1v) is 11.0. The van der Waals surface area contributed by atoms with E-state index in [0.717, 1.165) is 43.7 Å². The van der Waals surface area contributed by atoms with Crippen LogP contribution < -0.4 is 10.2 Å². The predicted octanol–water partition coefficient (Wildman–Crippen LogP) is 4.51. The Morgan fingerprint density at radius 3 is 2.70 bits per heavy atom. The van der Waals surface area contributed by atoms with Crippen LogP contribution in [-0.2, 0) is 4.79 Å². The Labute approximate surface area is 177 Å². The first-order valence-electron chi connectivity index (χ1n) is 11.0. The summed E-state index contributed by atoms with van der Waals surface area (Å²) in [7, 11) is 0. The summed E-state index contributed by atoms with van der Waals surface area (Å²) in [5.41, 5.74) is 3.03. The summed E-state index contributed by atoms with van der Waals surface area (Å²) in [6.45, 7) is 2.27. The normalized spacial score (nSPS) is 19.3. The van der Waals surface area contributed by atoms with Crippen LogP contribution in [0.3, 0.4) is 0 Å². The zero-order chi connectivity index (χ0) is 20.8. The van der Waals surface area contributed by atoms with Crippen molar-refractivity contribution in [2.75, 3.05) is 24.5 Å². The van der Waals surface area contributed by atoms with Gasteiger partial charge in [-0.05, 0) is 81.3 Å². The fourth-order valence-corrected chi connectivity index (χ4v) is 4.29. The smallest absolute Gasteiger partial charge is 0.224 e. The molecule has 1 fully saturated rings. The Balaban J connectivity index is 1.31. The van der Waals surface area contributed by atoms with E-state index in [2.05, 4.69) is 26.5 Å². The molecule has 1 saturated heterocycles. The fourth-order valence-electron chi connectivity index (χ4n) is 4.29. The zero-order valence-electron chi connectivity index (χ0n) is 17.3. The largest absolute Gasteiger partial charge is 0.355 e. The second kappa shape index (κ2) is 9.83. The number of hydrogen-bond donors (Lipinski definition) is 1. The average Bonchev–Trinajstić information content (AvgIpc) is 2.80. The lowest BCUT2D eigenvalue weighted by molar-refractivity contribution is -0.125. The highest BCUT2D eigenvalue weighted by Crippen LogP contribution is 2.24. The quantitative estimate of drug-likeness (QED) is 0.715. The van der Waals surface area contributed by atoms with E-state index < -0.39 is 0 Å². The molecule has 1 aliphatic carbocycles. The van der Waals surface area contributed by atoms with Gasteiger partial charge < -0.3 is 10.2 Å². The number of allylic oxidation sites excluding steroid dienone is 1. The van der Waals surface area contributed by atoms with Crippen molar-refractivity contribution in [3.05, 3.63) is 53.9 Å². The highest BCUT2D eigenvalue weighted by atomic mass is 19.1. The molecule has 1 aliphatic heterocycles. The second-order valence-corrected chi connectivity index (χ2v) is 8.22. The SMILES string of the molecule is O=C(NCCC1=CCCCC1)C1CCCN(c2ccc(-c3ccc(F)cc3)nn2)C1. The summed E-state index contributed by atoms with van der Waals surface area (Å²) in [6.07, 6.45) is 10.1. The molecular weight excluding hydrogens is 379 g/mol. The van der Waals surface area contributed by atoms with Crippen LogP contribution in [0.25, 0.3) is 11.3 Å². The molecule has 1 amide bonds. The molecule has 2 aliphatic rings. The number of anilines is 1. The van der Waals surface area contributed by atoms with E-state index >= 15 is 0 Å². The topological polar surface area (TPSA) is 58.1 Å². The number of nitrogens with one attached hydrogen (secondary N) is 1. The Hall–Kier alpha value is -2.76. The molecule has 2 heterocycles. The van der Waals surface area contributed by atoms with Crippen LogP contribution in [-0.4, -0.2) is 35.7 Å². The van der Waals surface area contributed by atoms with Crippen molar-refractivity contribution >= 4 is 11.7 Å². The second-order valence-electron chi connectivity index (χ2n) is 8.22. The molecule has 30 heavy (non-hydrogen) atoms. The van der Waals surface area contributed by atoms with Gasteiger partial charge in [-0.2, -0.15) is 0 Å². The summed E-state index contributed by atoms with van der Waals surface area (Å²) in [5, 5.41) is 11.8. The highest BCUT2D eigenvalue weighted by Gasteiger charge is 2.26. The minimum Gasteiger partial charge on any atom is -0.355 e. The van der Waals surface area contributed by atoms with E-state index in [0.29, 0.717) is 12.2 Å². The highest BCUT2D eigenvalue weighted by molar-refractivity contribution is 5.79. The fraction of sp³-hybridized carbons (Fsp3) is 0.458. The average molecular weight is 409 g/mol. The minimum absolute atomic E-state index is 0.0161. The number of nitrogens with zero attached hydrogens (tertiary/aromatic N) is 3. The van der Waals surface area contributed by atoms with Gasteiger partial charge in [0.1, 0.15) is 5.82 Å². The summed E-state index contributed by atoms with van der Waals surface area (Å²) < 4.78 is 13.1. The monoisotopic (exact) mass is 408 g/mol. The van der Waals surface area contributed by atoms with Gasteiger partial charge in [-0.1, -0.05) is 11.6 Å². The lowest BCUT2D eigenvalue weighted by atomic mass is 9.96. The Kier molecular flexibility index (Phi) is 6.72. The Morgan fingerprint density at radius 1 is 1.10 bits per heavy atom. The molecule has 1 aromatic heterocycles.